The second-order valence-corrected chi connectivity index (χ2v) is 8.31. The third kappa shape index (κ3) is 2.78. The summed E-state index contributed by atoms with van der Waals surface area (Å²) in [4.78, 5) is 21.0. The lowest BCUT2D eigenvalue weighted by Gasteiger charge is -2.28. The number of nitrogens with zero attached hydrogens (tertiary/aromatic N) is 2. The maximum absolute atomic E-state index is 13.1. The Morgan fingerprint density at radius 1 is 1.30 bits per heavy atom. The first-order valence-electron chi connectivity index (χ1n) is 8.27. The third-order valence-electron chi connectivity index (χ3n) is 5.10. The van der Waals surface area contributed by atoms with Gasteiger partial charge in [0.25, 0.3) is 0 Å². The van der Waals surface area contributed by atoms with Crippen LogP contribution in [0.15, 0.2) is 29.1 Å². The minimum absolute atomic E-state index is 0.239. The molecule has 4 nitrogen and oxygen atoms in total. The van der Waals surface area contributed by atoms with Gasteiger partial charge >= 0.3 is 0 Å². The van der Waals surface area contributed by atoms with Crippen molar-refractivity contribution >= 4 is 33.7 Å². The van der Waals surface area contributed by atoms with Gasteiger partial charge in [-0.2, -0.15) is 0 Å². The number of thiophene rings is 1. The van der Waals surface area contributed by atoms with Crippen molar-refractivity contribution in [2.75, 3.05) is 18.0 Å². The molecule has 122 valence electrons. The van der Waals surface area contributed by atoms with Crippen LogP contribution in [-0.4, -0.2) is 30.0 Å². The predicted octanol–water partition coefficient (Wildman–Crippen LogP) is 3.41. The maximum atomic E-state index is 13.1. The molecular weight excluding hydrogens is 326 g/mol. The second-order valence-electron chi connectivity index (χ2n) is 6.49. The molecule has 1 atom stereocenters. The number of amides is 1. The van der Waals surface area contributed by atoms with E-state index in [1.165, 1.54) is 4.88 Å². The normalized spacial score (nSPS) is 23.3. The first-order chi connectivity index (χ1) is 11.3. The van der Waals surface area contributed by atoms with E-state index in [2.05, 4.69) is 32.7 Å². The van der Waals surface area contributed by atoms with Crippen LogP contribution in [0.2, 0.25) is 0 Å². The first-order valence-corrected chi connectivity index (χ1v) is 10.0. The molecule has 1 saturated carbocycles. The van der Waals surface area contributed by atoms with Gasteiger partial charge in [0, 0.05) is 35.6 Å². The molecule has 2 aliphatic rings. The van der Waals surface area contributed by atoms with Crippen LogP contribution in [0.3, 0.4) is 0 Å². The van der Waals surface area contributed by atoms with Gasteiger partial charge in [0.15, 0.2) is 5.13 Å². The lowest BCUT2D eigenvalue weighted by molar-refractivity contribution is -0.127. The Kier molecular flexibility index (Phi) is 4.11. The van der Waals surface area contributed by atoms with Gasteiger partial charge in [-0.15, -0.1) is 22.7 Å². The molecule has 2 aromatic rings. The average Bonchev–Trinajstić information content (AvgIpc) is 3.31. The number of hydrogen-bond acceptors (Lipinski definition) is 5. The molecule has 1 unspecified atom stereocenters. The summed E-state index contributed by atoms with van der Waals surface area (Å²) in [6, 6.07) is 4.43. The molecule has 23 heavy (non-hydrogen) atoms. The Hall–Kier alpha value is -1.40. The number of nitrogens with one attached hydrogen (secondary N) is 1. The molecule has 1 aliphatic heterocycles. The van der Waals surface area contributed by atoms with E-state index in [4.69, 9.17) is 0 Å². The van der Waals surface area contributed by atoms with Crippen molar-refractivity contribution in [2.24, 2.45) is 0 Å². The summed E-state index contributed by atoms with van der Waals surface area (Å²) in [6.07, 6.45) is 7.13. The van der Waals surface area contributed by atoms with Gasteiger partial charge in [0.05, 0.1) is 5.41 Å². The van der Waals surface area contributed by atoms with E-state index in [1.807, 2.05) is 11.6 Å². The van der Waals surface area contributed by atoms with Gasteiger partial charge in [-0.25, -0.2) is 4.98 Å². The van der Waals surface area contributed by atoms with Crippen molar-refractivity contribution in [3.63, 3.8) is 0 Å². The zero-order valence-corrected chi connectivity index (χ0v) is 14.7. The van der Waals surface area contributed by atoms with Crippen LogP contribution in [-0.2, 0) is 10.2 Å². The molecular formula is C17H21N3OS2. The lowest BCUT2D eigenvalue weighted by Crippen LogP contribution is -2.47. The summed E-state index contributed by atoms with van der Waals surface area (Å²) < 4.78 is 0. The van der Waals surface area contributed by atoms with Crippen molar-refractivity contribution in [1.29, 1.82) is 0 Å². The lowest BCUT2D eigenvalue weighted by atomic mass is 9.83. The van der Waals surface area contributed by atoms with Gasteiger partial charge in [-0.1, -0.05) is 18.9 Å². The monoisotopic (exact) mass is 347 g/mol. The fourth-order valence-corrected chi connectivity index (χ4v) is 5.53. The summed E-state index contributed by atoms with van der Waals surface area (Å²) >= 11 is 3.39. The highest BCUT2D eigenvalue weighted by Gasteiger charge is 2.44. The van der Waals surface area contributed by atoms with E-state index in [0.29, 0.717) is 0 Å². The van der Waals surface area contributed by atoms with E-state index in [0.717, 1.165) is 50.3 Å². The average molecular weight is 348 g/mol. The summed E-state index contributed by atoms with van der Waals surface area (Å²) in [5.74, 6) is 0.239. The minimum atomic E-state index is -0.275. The van der Waals surface area contributed by atoms with E-state index >= 15 is 0 Å². The van der Waals surface area contributed by atoms with Crippen molar-refractivity contribution in [2.45, 2.75) is 43.6 Å². The van der Waals surface area contributed by atoms with Crippen LogP contribution in [0.1, 0.15) is 37.0 Å². The van der Waals surface area contributed by atoms with Crippen LogP contribution in [0.25, 0.3) is 0 Å². The Balaban J connectivity index is 1.45. The van der Waals surface area contributed by atoms with Crippen LogP contribution < -0.4 is 10.2 Å². The molecule has 2 aromatic heterocycles. The number of rotatable bonds is 4. The molecule has 0 bridgehead atoms. The fraction of sp³-hybridized carbons (Fsp3) is 0.529. The summed E-state index contributed by atoms with van der Waals surface area (Å²) in [5.41, 5.74) is -0.275. The Morgan fingerprint density at radius 2 is 2.17 bits per heavy atom. The van der Waals surface area contributed by atoms with Crippen molar-refractivity contribution < 1.29 is 4.79 Å². The molecule has 1 saturated heterocycles. The van der Waals surface area contributed by atoms with Crippen molar-refractivity contribution in [3.05, 3.63) is 34.0 Å². The molecule has 0 radical (unpaired) electrons. The highest BCUT2D eigenvalue weighted by molar-refractivity contribution is 7.13. The maximum Gasteiger partial charge on any atom is 0.231 e. The van der Waals surface area contributed by atoms with E-state index < -0.39 is 0 Å². The van der Waals surface area contributed by atoms with Gasteiger partial charge in [0.1, 0.15) is 0 Å². The Labute approximate surface area is 144 Å². The largest absolute Gasteiger partial charge is 0.351 e. The summed E-state index contributed by atoms with van der Waals surface area (Å²) in [5, 5.41) is 8.50. The van der Waals surface area contributed by atoms with E-state index in [1.54, 1.807) is 22.7 Å². The number of thiazole rings is 1. The van der Waals surface area contributed by atoms with Gasteiger partial charge in [-0.05, 0) is 30.7 Å². The highest BCUT2D eigenvalue weighted by atomic mass is 32.1. The molecule has 3 heterocycles. The van der Waals surface area contributed by atoms with Crippen LogP contribution in [0.5, 0.6) is 0 Å². The zero-order valence-electron chi connectivity index (χ0n) is 13.0. The van der Waals surface area contributed by atoms with Crippen LogP contribution >= 0.6 is 22.7 Å². The molecule has 1 aliphatic carbocycles. The number of aromatic nitrogens is 1. The minimum Gasteiger partial charge on any atom is -0.351 e. The van der Waals surface area contributed by atoms with E-state index in [-0.39, 0.29) is 17.4 Å². The zero-order chi connectivity index (χ0) is 15.7. The third-order valence-corrected chi connectivity index (χ3v) is 7.00. The predicted molar refractivity (Wildman–Crippen MR) is 95.3 cm³/mol. The topological polar surface area (TPSA) is 45.2 Å². The molecule has 0 aromatic carbocycles. The molecule has 1 N–H and O–H groups in total. The SMILES string of the molecule is O=C(NC1CCN(c2nccs2)C1)C1(c2cccs2)CCCC1. The second kappa shape index (κ2) is 6.24. The molecule has 1 amide bonds. The summed E-state index contributed by atoms with van der Waals surface area (Å²) in [7, 11) is 0. The number of carbonyl (C=O) groups excluding carboxylic acids is 1. The summed E-state index contributed by atoms with van der Waals surface area (Å²) in [6.45, 7) is 1.85. The van der Waals surface area contributed by atoms with Crippen molar-refractivity contribution in [1.82, 2.24) is 10.3 Å². The van der Waals surface area contributed by atoms with Gasteiger partial charge in [-0.3, -0.25) is 4.79 Å². The Bertz CT molecular complexity index is 647. The molecule has 2 fully saturated rings. The Morgan fingerprint density at radius 3 is 2.87 bits per heavy atom. The number of carbonyl (C=O) groups is 1. The number of anilines is 1. The molecule has 6 heteroatoms. The first kappa shape index (κ1) is 15.1. The van der Waals surface area contributed by atoms with Crippen LogP contribution in [0.4, 0.5) is 5.13 Å². The highest BCUT2D eigenvalue weighted by Crippen LogP contribution is 2.43. The van der Waals surface area contributed by atoms with Crippen LogP contribution in [0, 0.1) is 0 Å². The quantitative estimate of drug-likeness (QED) is 0.922. The van der Waals surface area contributed by atoms with Crippen molar-refractivity contribution in [3.8, 4) is 0 Å². The molecule has 0 spiro atoms. The smallest absolute Gasteiger partial charge is 0.231 e. The van der Waals surface area contributed by atoms with Gasteiger partial charge in [0.2, 0.25) is 5.91 Å². The van der Waals surface area contributed by atoms with E-state index in [9.17, 15) is 4.79 Å². The fourth-order valence-electron chi connectivity index (χ4n) is 3.86. The van der Waals surface area contributed by atoms with Gasteiger partial charge < -0.3 is 10.2 Å². The number of hydrogen-bond donors (Lipinski definition) is 1. The molecule has 4 rings (SSSR count). The standard InChI is InChI=1S/C17H21N3OS2/c21-15(17(6-1-2-7-17)14-4-3-10-22-14)19-13-5-9-20(12-13)16-18-8-11-23-16/h3-4,8,10-11,13H,1-2,5-7,9,12H2,(H,19,21).